The van der Waals surface area contributed by atoms with Gasteiger partial charge in [0.15, 0.2) is 0 Å². The summed E-state index contributed by atoms with van der Waals surface area (Å²) in [6.07, 6.45) is 0.281. The van der Waals surface area contributed by atoms with Crippen LogP contribution in [-0.2, 0) is 9.59 Å². The van der Waals surface area contributed by atoms with Crippen LogP contribution in [0.25, 0.3) is 0 Å². The lowest BCUT2D eigenvalue weighted by atomic mass is 9.93. The van der Waals surface area contributed by atoms with E-state index in [0.29, 0.717) is 6.54 Å². The van der Waals surface area contributed by atoms with Gasteiger partial charge in [0, 0.05) is 25.0 Å². The first kappa shape index (κ1) is 15.9. The Kier molecular flexibility index (Phi) is 5.61. The van der Waals surface area contributed by atoms with Crippen LogP contribution in [0.4, 0.5) is 0 Å². The van der Waals surface area contributed by atoms with Crippen LogP contribution in [0.3, 0.4) is 0 Å². The lowest BCUT2D eigenvalue weighted by Crippen LogP contribution is -2.44. The van der Waals surface area contributed by atoms with Gasteiger partial charge in [-0.2, -0.15) is 0 Å². The molecule has 0 saturated carbocycles. The molecular formula is C12H25N3O2. The molecule has 0 aromatic rings. The number of hydrogen-bond donors (Lipinski definition) is 3. The maximum atomic E-state index is 11.6. The fraction of sp³-hybridized carbons (Fsp3) is 0.833. The number of rotatable bonds is 5. The molecule has 0 saturated heterocycles. The van der Waals surface area contributed by atoms with E-state index >= 15 is 0 Å². The van der Waals surface area contributed by atoms with Crippen molar-refractivity contribution < 1.29 is 9.59 Å². The second kappa shape index (κ2) is 6.00. The van der Waals surface area contributed by atoms with Crippen molar-refractivity contribution >= 4 is 11.8 Å². The molecule has 0 aliphatic carbocycles. The molecule has 0 rings (SSSR count). The van der Waals surface area contributed by atoms with Crippen LogP contribution in [-0.4, -0.2) is 30.4 Å². The molecule has 0 aliphatic heterocycles. The summed E-state index contributed by atoms with van der Waals surface area (Å²) in [6.45, 7) is 9.93. The third kappa shape index (κ3) is 6.94. The van der Waals surface area contributed by atoms with Crippen LogP contribution in [0.1, 0.15) is 41.0 Å². The van der Waals surface area contributed by atoms with Gasteiger partial charge in [-0.25, -0.2) is 0 Å². The van der Waals surface area contributed by atoms with Crippen molar-refractivity contribution in [3.8, 4) is 0 Å². The van der Waals surface area contributed by atoms with Gasteiger partial charge in [0.1, 0.15) is 0 Å². The first-order chi connectivity index (χ1) is 7.58. The molecule has 4 N–H and O–H groups in total. The average molecular weight is 243 g/mol. The van der Waals surface area contributed by atoms with Crippen LogP contribution in [0.15, 0.2) is 0 Å². The van der Waals surface area contributed by atoms with E-state index in [1.165, 1.54) is 0 Å². The van der Waals surface area contributed by atoms with Crippen molar-refractivity contribution in [1.29, 1.82) is 0 Å². The van der Waals surface area contributed by atoms with E-state index in [1.807, 2.05) is 20.8 Å². The Morgan fingerprint density at radius 2 is 1.65 bits per heavy atom. The smallest absolute Gasteiger partial charge is 0.226 e. The Balaban J connectivity index is 3.93. The molecule has 0 unspecified atom stereocenters. The van der Waals surface area contributed by atoms with Gasteiger partial charge in [-0.1, -0.05) is 0 Å². The normalized spacial score (nSPS) is 12.1. The summed E-state index contributed by atoms with van der Waals surface area (Å²) in [7, 11) is 0. The first-order valence-corrected chi connectivity index (χ1v) is 5.88. The fourth-order valence-corrected chi connectivity index (χ4v) is 1.10. The summed E-state index contributed by atoms with van der Waals surface area (Å²) in [6, 6.07) is 0. The monoisotopic (exact) mass is 243 g/mol. The lowest BCUT2D eigenvalue weighted by molar-refractivity contribution is -0.129. The van der Waals surface area contributed by atoms with Crippen molar-refractivity contribution in [2.75, 3.05) is 13.1 Å². The van der Waals surface area contributed by atoms with Crippen molar-refractivity contribution in [3.05, 3.63) is 0 Å². The highest BCUT2D eigenvalue weighted by Gasteiger charge is 2.25. The van der Waals surface area contributed by atoms with E-state index < -0.39 is 5.41 Å². The number of amides is 2. The Hall–Kier alpha value is -1.10. The highest BCUT2D eigenvalue weighted by Crippen LogP contribution is 2.11. The van der Waals surface area contributed by atoms with E-state index in [2.05, 4.69) is 10.6 Å². The van der Waals surface area contributed by atoms with Crippen LogP contribution in [0.5, 0.6) is 0 Å². The molecule has 5 heteroatoms. The molecular weight excluding hydrogens is 218 g/mol. The topological polar surface area (TPSA) is 84.2 Å². The molecule has 0 aliphatic rings. The number of nitrogens with two attached hydrogens (primary N) is 1. The number of hydrogen-bond acceptors (Lipinski definition) is 3. The van der Waals surface area contributed by atoms with E-state index in [1.54, 1.807) is 13.8 Å². The van der Waals surface area contributed by atoms with E-state index in [9.17, 15) is 9.59 Å². The maximum absolute atomic E-state index is 11.6. The summed E-state index contributed by atoms with van der Waals surface area (Å²) in [5, 5.41) is 5.54. The average Bonchev–Trinajstić information content (AvgIpc) is 2.14. The van der Waals surface area contributed by atoms with Crippen LogP contribution in [0, 0.1) is 5.41 Å². The quantitative estimate of drug-likeness (QED) is 0.653. The lowest BCUT2D eigenvalue weighted by Gasteiger charge is -2.22. The predicted molar refractivity (Wildman–Crippen MR) is 68.4 cm³/mol. The maximum Gasteiger partial charge on any atom is 0.226 e. The Morgan fingerprint density at radius 1 is 1.12 bits per heavy atom. The van der Waals surface area contributed by atoms with Crippen LogP contribution < -0.4 is 16.4 Å². The minimum absolute atomic E-state index is 0.0663. The summed E-state index contributed by atoms with van der Waals surface area (Å²) in [4.78, 5) is 23.1. The molecule has 0 atom stereocenters. The van der Waals surface area contributed by atoms with Crippen molar-refractivity contribution in [2.45, 2.75) is 46.6 Å². The van der Waals surface area contributed by atoms with Gasteiger partial charge < -0.3 is 16.4 Å². The molecule has 2 amide bonds. The second-order valence-corrected chi connectivity index (χ2v) is 5.89. The molecule has 0 radical (unpaired) electrons. The first-order valence-electron chi connectivity index (χ1n) is 5.88. The van der Waals surface area contributed by atoms with E-state index in [0.717, 1.165) is 0 Å². The van der Waals surface area contributed by atoms with Crippen molar-refractivity contribution in [2.24, 2.45) is 11.1 Å². The SMILES string of the molecule is CC(C)(C)NC(=O)CCNC(=O)C(C)(C)CN. The van der Waals surface area contributed by atoms with Gasteiger partial charge in [0.2, 0.25) is 11.8 Å². The van der Waals surface area contributed by atoms with E-state index in [4.69, 9.17) is 5.73 Å². The largest absolute Gasteiger partial charge is 0.355 e. The number of carbonyl (C=O) groups excluding carboxylic acids is 2. The molecule has 5 nitrogen and oxygen atoms in total. The zero-order chi connectivity index (χ0) is 13.7. The van der Waals surface area contributed by atoms with Gasteiger partial charge in [-0.05, 0) is 34.6 Å². The number of nitrogens with one attached hydrogen (secondary N) is 2. The summed E-state index contributed by atoms with van der Waals surface area (Å²) in [5.41, 5.74) is 4.66. The molecule has 0 heterocycles. The van der Waals surface area contributed by atoms with Crippen LogP contribution >= 0.6 is 0 Å². The Labute approximate surface area is 104 Å². The molecule has 0 fully saturated rings. The zero-order valence-corrected chi connectivity index (χ0v) is 11.5. The molecule has 0 bridgehead atoms. The second-order valence-electron chi connectivity index (χ2n) is 5.89. The molecule has 0 aromatic carbocycles. The Bertz CT molecular complexity index is 280. The van der Waals surface area contributed by atoms with Crippen molar-refractivity contribution in [3.63, 3.8) is 0 Å². The van der Waals surface area contributed by atoms with Gasteiger partial charge >= 0.3 is 0 Å². The minimum Gasteiger partial charge on any atom is -0.355 e. The van der Waals surface area contributed by atoms with Crippen molar-refractivity contribution in [1.82, 2.24) is 10.6 Å². The number of carbonyl (C=O) groups is 2. The molecule has 100 valence electrons. The third-order valence-electron chi connectivity index (χ3n) is 2.28. The molecule has 17 heavy (non-hydrogen) atoms. The summed E-state index contributed by atoms with van der Waals surface area (Å²) >= 11 is 0. The van der Waals surface area contributed by atoms with Gasteiger partial charge in [-0.15, -0.1) is 0 Å². The standard InChI is InChI=1S/C12H25N3O2/c1-11(2,3)15-9(16)6-7-14-10(17)12(4,5)8-13/h6-8,13H2,1-5H3,(H,14,17)(H,15,16). The summed E-state index contributed by atoms with van der Waals surface area (Å²) < 4.78 is 0. The van der Waals surface area contributed by atoms with E-state index in [-0.39, 0.29) is 30.3 Å². The molecule has 0 aromatic heterocycles. The summed E-state index contributed by atoms with van der Waals surface area (Å²) in [5.74, 6) is -0.188. The zero-order valence-electron chi connectivity index (χ0n) is 11.5. The Morgan fingerprint density at radius 3 is 2.06 bits per heavy atom. The van der Waals surface area contributed by atoms with Crippen LogP contribution in [0.2, 0.25) is 0 Å². The highest BCUT2D eigenvalue weighted by molar-refractivity contribution is 5.83. The highest BCUT2D eigenvalue weighted by atomic mass is 16.2. The third-order valence-corrected chi connectivity index (χ3v) is 2.28. The molecule has 0 spiro atoms. The fourth-order valence-electron chi connectivity index (χ4n) is 1.10. The predicted octanol–water partition coefficient (Wildman–Crippen LogP) is 0.392. The minimum atomic E-state index is -0.583. The van der Waals surface area contributed by atoms with Gasteiger partial charge in [-0.3, -0.25) is 9.59 Å². The van der Waals surface area contributed by atoms with Gasteiger partial charge in [0.05, 0.1) is 5.41 Å². The van der Waals surface area contributed by atoms with Gasteiger partial charge in [0.25, 0.3) is 0 Å².